The molecule has 0 bridgehead atoms. The summed E-state index contributed by atoms with van der Waals surface area (Å²) >= 11 is 1.73. The van der Waals surface area contributed by atoms with Gasteiger partial charge in [-0.15, -0.1) is 11.3 Å². The molecule has 0 aliphatic heterocycles. The van der Waals surface area contributed by atoms with Crippen LogP contribution >= 0.6 is 11.3 Å². The molecule has 1 aromatic heterocycles. The number of thiazole rings is 1. The van der Waals surface area contributed by atoms with Crippen molar-refractivity contribution >= 4 is 16.5 Å². The van der Waals surface area contributed by atoms with E-state index in [4.69, 9.17) is 5.11 Å². The Labute approximate surface area is 136 Å². The number of aliphatic hydroxyl groups is 1. The number of anilines is 1. The van der Waals surface area contributed by atoms with Gasteiger partial charge >= 0.3 is 0 Å². The topological polar surface area (TPSA) is 48.4 Å². The summed E-state index contributed by atoms with van der Waals surface area (Å²) in [5, 5.41) is 13.8. The number of nitrogens with one attached hydrogen (secondary N) is 1. The molecule has 1 unspecified atom stereocenters. The first-order valence-electron chi connectivity index (χ1n) is 7.64. The number of hydrogen-bond donors (Lipinski definition) is 2. The highest BCUT2D eigenvalue weighted by Crippen LogP contribution is 2.26. The standard InChI is InChI=1S/C17H25N3OS/c1-13-16(22-17(19-13)20(2)3)12-18-15(10-7-11-21)14-8-5-4-6-9-14/h4-6,8-9,15,18,21H,7,10-12H2,1-3H3. The number of hydrogen-bond acceptors (Lipinski definition) is 5. The van der Waals surface area contributed by atoms with Gasteiger partial charge in [-0.1, -0.05) is 30.3 Å². The van der Waals surface area contributed by atoms with Crippen molar-refractivity contribution in [1.82, 2.24) is 10.3 Å². The largest absolute Gasteiger partial charge is 0.396 e. The zero-order chi connectivity index (χ0) is 15.9. The Morgan fingerprint density at radius 2 is 2.00 bits per heavy atom. The fourth-order valence-electron chi connectivity index (χ4n) is 2.35. The minimum Gasteiger partial charge on any atom is -0.396 e. The van der Waals surface area contributed by atoms with Gasteiger partial charge in [0.25, 0.3) is 0 Å². The number of aliphatic hydroxyl groups excluding tert-OH is 1. The average molecular weight is 319 g/mol. The first-order valence-corrected chi connectivity index (χ1v) is 8.46. The summed E-state index contributed by atoms with van der Waals surface area (Å²) in [5.74, 6) is 0. The van der Waals surface area contributed by atoms with E-state index < -0.39 is 0 Å². The van der Waals surface area contributed by atoms with Crippen LogP contribution in [0.15, 0.2) is 30.3 Å². The first-order chi connectivity index (χ1) is 10.6. The predicted molar refractivity (Wildman–Crippen MR) is 93.5 cm³/mol. The lowest BCUT2D eigenvalue weighted by molar-refractivity contribution is 0.275. The van der Waals surface area contributed by atoms with Crippen molar-refractivity contribution in [1.29, 1.82) is 0 Å². The van der Waals surface area contributed by atoms with E-state index >= 15 is 0 Å². The van der Waals surface area contributed by atoms with Crippen LogP contribution in [0.2, 0.25) is 0 Å². The maximum Gasteiger partial charge on any atom is 0.185 e. The highest BCUT2D eigenvalue weighted by molar-refractivity contribution is 7.15. The van der Waals surface area contributed by atoms with Gasteiger partial charge in [-0.3, -0.25) is 0 Å². The molecule has 0 saturated heterocycles. The summed E-state index contributed by atoms with van der Waals surface area (Å²) in [6, 6.07) is 10.7. The molecule has 0 saturated carbocycles. The minimum absolute atomic E-state index is 0.232. The molecular weight excluding hydrogens is 294 g/mol. The van der Waals surface area contributed by atoms with E-state index in [1.165, 1.54) is 10.4 Å². The van der Waals surface area contributed by atoms with Gasteiger partial charge < -0.3 is 15.3 Å². The number of aryl methyl sites for hydroxylation is 1. The zero-order valence-corrected chi connectivity index (χ0v) is 14.4. The lowest BCUT2D eigenvalue weighted by Crippen LogP contribution is -2.21. The molecule has 2 rings (SSSR count). The summed E-state index contributed by atoms with van der Waals surface area (Å²) in [6.07, 6.45) is 1.73. The lowest BCUT2D eigenvalue weighted by Gasteiger charge is -2.18. The molecular formula is C17H25N3OS. The Morgan fingerprint density at radius 1 is 1.27 bits per heavy atom. The third-order valence-corrected chi connectivity index (χ3v) is 4.95. The van der Waals surface area contributed by atoms with E-state index in [0.29, 0.717) is 0 Å². The Balaban J connectivity index is 2.05. The van der Waals surface area contributed by atoms with E-state index in [0.717, 1.165) is 30.2 Å². The summed E-state index contributed by atoms with van der Waals surface area (Å²) in [7, 11) is 4.03. The Kier molecular flexibility index (Phi) is 6.36. The second kappa shape index (κ2) is 8.27. The summed E-state index contributed by atoms with van der Waals surface area (Å²) in [6.45, 7) is 3.10. The second-order valence-electron chi connectivity index (χ2n) is 5.61. The first kappa shape index (κ1) is 16.9. The van der Waals surface area contributed by atoms with Crippen molar-refractivity contribution < 1.29 is 5.11 Å². The lowest BCUT2D eigenvalue weighted by atomic mass is 10.0. The SMILES string of the molecule is Cc1nc(N(C)C)sc1CNC(CCCO)c1ccccc1. The van der Waals surface area contributed by atoms with E-state index in [-0.39, 0.29) is 12.6 Å². The highest BCUT2D eigenvalue weighted by Gasteiger charge is 2.13. The highest BCUT2D eigenvalue weighted by atomic mass is 32.1. The van der Waals surface area contributed by atoms with Crippen molar-refractivity contribution in [2.75, 3.05) is 25.6 Å². The molecule has 5 heteroatoms. The molecule has 2 N–H and O–H groups in total. The molecule has 1 aromatic carbocycles. The van der Waals surface area contributed by atoms with Gasteiger partial charge in [-0.05, 0) is 25.3 Å². The molecule has 0 spiro atoms. The molecule has 22 heavy (non-hydrogen) atoms. The van der Waals surface area contributed by atoms with Crippen molar-refractivity contribution in [2.24, 2.45) is 0 Å². The number of rotatable bonds is 8. The number of nitrogens with zero attached hydrogens (tertiary/aromatic N) is 2. The summed E-state index contributed by atoms with van der Waals surface area (Å²) in [5.41, 5.74) is 2.36. The van der Waals surface area contributed by atoms with Crippen LogP contribution in [0.4, 0.5) is 5.13 Å². The average Bonchev–Trinajstić information content (AvgIpc) is 2.90. The smallest absolute Gasteiger partial charge is 0.185 e. The maximum atomic E-state index is 9.11. The Bertz CT molecular complexity index is 569. The molecule has 1 atom stereocenters. The van der Waals surface area contributed by atoms with Crippen molar-refractivity contribution in [3.05, 3.63) is 46.5 Å². The molecule has 0 radical (unpaired) electrons. The normalized spacial score (nSPS) is 12.4. The van der Waals surface area contributed by atoms with Crippen molar-refractivity contribution in [3.8, 4) is 0 Å². The molecule has 2 aromatic rings. The van der Waals surface area contributed by atoms with Gasteiger partial charge in [0.15, 0.2) is 5.13 Å². The number of benzene rings is 1. The van der Waals surface area contributed by atoms with Crippen LogP contribution in [0.25, 0.3) is 0 Å². The third kappa shape index (κ3) is 4.53. The Hall–Kier alpha value is -1.43. The van der Waals surface area contributed by atoms with Crippen LogP contribution in [0.3, 0.4) is 0 Å². The monoisotopic (exact) mass is 319 g/mol. The molecule has 0 aliphatic rings. The van der Waals surface area contributed by atoms with Crippen LogP contribution in [0.1, 0.15) is 35.0 Å². The van der Waals surface area contributed by atoms with E-state index in [9.17, 15) is 0 Å². The quantitative estimate of drug-likeness (QED) is 0.785. The van der Waals surface area contributed by atoms with Gasteiger partial charge in [-0.2, -0.15) is 0 Å². The second-order valence-corrected chi connectivity index (χ2v) is 6.67. The van der Waals surface area contributed by atoms with Crippen molar-refractivity contribution in [2.45, 2.75) is 32.4 Å². The van der Waals surface area contributed by atoms with Gasteiger partial charge in [0.1, 0.15) is 0 Å². The van der Waals surface area contributed by atoms with Gasteiger partial charge in [0.05, 0.1) is 5.69 Å². The van der Waals surface area contributed by atoms with Crippen LogP contribution in [0, 0.1) is 6.92 Å². The third-order valence-electron chi connectivity index (χ3n) is 3.63. The summed E-state index contributed by atoms with van der Waals surface area (Å²) in [4.78, 5) is 7.90. The summed E-state index contributed by atoms with van der Waals surface area (Å²) < 4.78 is 0. The maximum absolute atomic E-state index is 9.11. The zero-order valence-electron chi connectivity index (χ0n) is 13.5. The predicted octanol–water partition coefficient (Wildman–Crippen LogP) is 3.12. The van der Waals surface area contributed by atoms with Crippen molar-refractivity contribution in [3.63, 3.8) is 0 Å². The van der Waals surface area contributed by atoms with Crippen LogP contribution < -0.4 is 10.2 Å². The molecule has 120 valence electrons. The van der Waals surface area contributed by atoms with E-state index in [2.05, 4.69) is 41.5 Å². The van der Waals surface area contributed by atoms with E-state index in [1.807, 2.05) is 25.1 Å². The van der Waals surface area contributed by atoms with E-state index in [1.54, 1.807) is 11.3 Å². The van der Waals surface area contributed by atoms with Crippen LogP contribution in [-0.4, -0.2) is 30.8 Å². The number of aromatic nitrogens is 1. The molecule has 4 nitrogen and oxygen atoms in total. The van der Waals surface area contributed by atoms with Gasteiger partial charge in [0.2, 0.25) is 0 Å². The molecule has 0 amide bonds. The molecule has 1 heterocycles. The fourth-order valence-corrected chi connectivity index (χ4v) is 3.29. The van der Waals surface area contributed by atoms with Crippen LogP contribution in [-0.2, 0) is 6.54 Å². The molecule has 0 fully saturated rings. The molecule has 0 aliphatic carbocycles. The van der Waals surface area contributed by atoms with Crippen LogP contribution in [0.5, 0.6) is 0 Å². The van der Waals surface area contributed by atoms with Gasteiger partial charge in [0, 0.05) is 38.2 Å². The minimum atomic E-state index is 0.232. The van der Waals surface area contributed by atoms with Gasteiger partial charge in [-0.25, -0.2) is 4.98 Å². The Morgan fingerprint density at radius 3 is 2.59 bits per heavy atom. The fraction of sp³-hybridized carbons (Fsp3) is 0.471.